The fourth-order valence-electron chi connectivity index (χ4n) is 1.16. The minimum absolute atomic E-state index is 0.201. The number of halogens is 1. The van der Waals surface area contributed by atoms with Gasteiger partial charge in [0.05, 0.1) is 0 Å². The van der Waals surface area contributed by atoms with Gasteiger partial charge in [0.25, 0.3) is 0 Å². The van der Waals surface area contributed by atoms with Gasteiger partial charge in [-0.2, -0.15) is 0 Å². The van der Waals surface area contributed by atoms with Gasteiger partial charge in [0, 0.05) is 0 Å². The number of hydrogen-bond donors (Lipinski definition) is 2. The van der Waals surface area contributed by atoms with Crippen molar-refractivity contribution in [2.75, 3.05) is 5.75 Å². The number of unbranched alkanes of at least 4 members (excludes halogenated alkanes) is 2. The highest BCUT2D eigenvalue weighted by Gasteiger charge is 1.98. The SMILES string of the molecule is C/C=C(F)\C=C(/C)SCCCCCC(O)O. The Bertz CT molecular complexity index is 237. The molecule has 0 aliphatic heterocycles. The Morgan fingerprint density at radius 1 is 1.31 bits per heavy atom. The van der Waals surface area contributed by atoms with E-state index in [9.17, 15) is 4.39 Å². The standard InChI is InChI=1S/C12H21FO2S/c1-3-11(13)9-10(2)16-8-6-4-5-7-12(14)15/h3,9,12,14-15H,4-8H2,1-2H3/b10-9+,11-3+. The van der Waals surface area contributed by atoms with Gasteiger partial charge in [-0.15, -0.1) is 11.8 Å². The molecule has 2 N–H and O–H groups in total. The van der Waals surface area contributed by atoms with Crippen molar-refractivity contribution in [2.24, 2.45) is 0 Å². The lowest BCUT2D eigenvalue weighted by atomic mass is 10.2. The largest absolute Gasteiger partial charge is 0.368 e. The highest BCUT2D eigenvalue weighted by Crippen LogP contribution is 2.19. The van der Waals surface area contributed by atoms with E-state index in [0.29, 0.717) is 6.42 Å². The second-order valence-electron chi connectivity index (χ2n) is 3.61. The maximum absolute atomic E-state index is 12.8. The predicted molar refractivity (Wildman–Crippen MR) is 67.8 cm³/mol. The third kappa shape index (κ3) is 10.2. The minimum Gasteiger partial charge on any atom is -0.368 e. The summed E-state index contributed by atoms with van der Waals surface area (Å²) in [5, 5.41) is 17.2. The molecule has 4 heteroatoms. The second-order valence-corrected chi connectivity index (χ2v) is 4.95. The Morgan fingerprint density at radius 2 is 2.00 bits per heavy atom. The zero-order chi connectivity index (χ0) is 12.4. The number of hydrogen-bond acceptors (Lipinski definition) is 3. The van der Waals surface area contributed by atoms with Crippen molar-refractivity contribution in [3.05, 3.63) is 22.9 Å². The van der Waals surface area contributed by atoms with Crippen LogP contribution in [0.5, 0.6) is 0 Å². The van der Waals surface area contributed by atoms with E-state index in [2.05, 4.69) is 0 Å². The van der Waals surface area contributed by atoms with Crippen LogP contribution in [-0.4, -0.2) is 22.3 Å². The van der Waals surface area contributed by atoms with Crippen molar-refractivity contribution in [2.45, 2.75) is 45.8 Å². The first-order chi connectivity index (χ1) is 7.56. The molecule has 0 radical (unpaired) electrons. The van der Waals surface area contributed by atoms with Gasteiger partial charge in [-0.3, -0.25) is 0 Å². The minimum atomic E-state index is -1.18. The van der Waals surface area contributed by atoms with E-state index in [1.807, 2.05) is 6.92 Å². The summed E-state index contributed by atoms with van der Waals surface area (Å²) in [6.07, 6.45) is 5.04. The van der Waals surface area contributed by atoms with Gasteiger partial charge in [0.1, 0.15) is 5.83 Å². The molecule has 0 aliphatic carbocycles. The summed E-state index contributed by atoms with van der Waals surface area (Å²) < 4.78 is 12.8. The molecule has 0 rings (SSSR count). The number of aliphatic hydroxyl groups is 2. The summed E-state index contributed by atoms with van der Waals surface area (Å²) >= 11 is 1.63. The fourth-order valence-corrected chi connectivity index (χ4v) is 2.02. The lowest BCUT2D eigenvalue weighted by molar-refractivity contribution is -0.0465. The molecule has 0 saturated heterocycles. The van der Waals surface area contributed by atoms with Gasteiger partial charge in [0.15, 0.2) is 6.29 Å². The summed E-state index contributed by atoms with van der Waals surface area (Å²) in [5.74, 6) is 0.745. The molecule has 0 aromatic rings. The molecule has 0 bridgehead atoms. The highest BCUT2D eigenvalue weighted by atomic mass is 32.2. The Morgan fingerprint density at radius 3 is 2.56 bits per heavy atom. The molecule has 0 spiro atoms. The van der Waals surface area contributed by atoms with Crippen LogP contribution < -0.4 is 0 Å². The molecule has 0 atom stereocenters. The molecule has 0 heterocycles. The normalized spacial score (nSPS) is 13.6. The van der Waals surface area contributed by atoms with Crippen LogP contribution in [0.25, 0.3) is 0 Å². The predicted octanol–water partition coefficient (Wildman–Crippen LogP) is 3.37. The Hall–Kier alpha value is -0.320. The van der Waals surface area contributed by atoms with Gasteiger partial charge in [-0.1, -0.05) is 12.5 Å². The van der Waals surface area contributed by atoms with Gasteiger partial charge < -0.3 is 10.2 Å². The highest BCUT2D eigenvalue weighted by molar-refractivity contribution is 8.03. The molecule has 0 aromatic heterocycles. The first-order valence-electron chi connectivity index (χ1n) is 5.55. The van der Waals surface area contributed by atoms with E-state index in [4.69, 9.17) is 10.2 Å². The summed E-state index contributed by atoms with van der Waals surface area (Å²) in [4.78, 5) is 0.970. The number of thioether (sulfide) groups is 1. The average Bonchev–Trinajstić information content (AvgIpc) is 2.22. The lowest BCUT2D eigenvalue weighted by Crippen LogP contribution is -2.02. The number of allylic oxidation sites excluding steroid dienone is 4. The number of aliphatic hydroxyl groups excluding tert-OH is 1. The van der Waals surface area contributed by atoms with Crippen molar-refractivity contribution < 1.29 is 14.6 Å². The molecule has 94 valence electrons. The monoisotopic (exact) mass is 248 g/mol. The van der Waals surface area contributed by atoms with Gasteiger partial charge >= 0.3 is 0 Å². The van der Waals surface area contributed by atoms with Crippen LogP contribution in [0.3, 0.4) is 0 Å². The molecule has 2 nitrogen and oxygen atoms in total. The zero-order valence-corrected chi connectivity index (χ0v) is 10.8. The average molecular weight is 248 g/mol. The molecule has 0 aromatic carbocycles. The molecule has 0 fully saturated rings. The lowest BCUT2D eigenvalue weighted by Gasteiger charge is -2.03. The van der Waals surface area contributed by atoms with E-state index in [-0.39, 0.29) is 5.83 Å². The molecular weight excluding hydrogens is 227 g/mol. The summed E-state index contributed by atoms with van der Waals surface area (Å²) in [6.45, 7) is 3.56. The maximum Gasteiger partial charge on any atom is 0.151 e. The summed E-state index contributed by atoms with van der Waals surface area (Å²) in [5.41, 5.74) is 0. The van der Waals surface area contributed by atoms with Crippen LogP contribution in [0.15, 0.2) is 22.9 Å². The fraction of sp³-hybridized carbons (Fsp3) is 0.667. The van der Waals surface area contributed by atoms with E-state index in [1.54, 1.807) is 18.7 Å². The molecule has 0 saturated carbocycles. The maximum atomic E-state index is 12.8. The Balaban J connectivity index is 3.48. The molecule has 16 heavy (non-hydrogen) atoms. The molecule has 0 unspecified atom stereocenters. The third-order valence-electron chi connectivity index (χ3n) is 2.05. The second kappa shape index (κ2) is 9.87. The van der Waals surface area contributed by atoms with Crippen molar-refractivity contribution in [3.8, 4) is 0 Å². The topological polar surface area (TPSA) is 40.5 Å². The van der Waals surface area contributed by atoms with E-state index >= 15 is 0 Å². The Kier molecular flexibility index (Phi) is 9.68. The summed E-state index contributed by atoms with van der Waals surface area (Å²) in [6, 6.07) is 0. The molecular formula is C12H21FO2S. The van der Waals surface area contributed by atoms with Gasteiger partial charge in [0.2, 0.25) is 0 Å². The Labute approximate surface area is 101 Å². The van der Waals surface area contributed by atoms with E-state index in [1.165, 1.54) is 12.2 Å². The van der Waals surface area contributed by atoms with Gasteiger partial charge in [-0.05, 0) is 49.8 Å². The number of rotatable bonds is 8. The van der Waals surface area contributed by atoms with E-state index in [0.717, 1.165) is 29.9 Å². The smallest absolute Gasteiger partial charge is 0.151 e. The van der Waals surface area contributed by atoms with E-state index < -0.39 is 6.29 Å². The summed E-state index contributed by atoms with van der Waals surface area (Å²) in [7, 11) is 0. The quantitative estimate of drug-likeness (QED) is 0.393. The van der Waals surface area contributed by atoms with Gasteiger partial charge in [-0.25, -0.2) is 4.39 Å². The first kappa shape index (κ1) is 15.7. The molecule has 0 amide bonds. The van der Waals surface area contributed by atoms with Crippen molar-refractivity contribution in [1.82, 2.24) is 0 Å². The zero-order valence-electron chi connectivity index (χ0n) is 9.95. The van der Waals surface area contributed by atoms with Crippen molar-refractivity contribution in [1.29, 1.82) is 0 Å². The van der Waals surface area contributed by atoms with Crippen LogP contribution in [0, 0.1) is 0 Å². The van der Waals surface area contributed by atoms with Crippen LogP contribution in [-0.2, 0) is 0 Å². The van der Waals surface area contributed by atoms with Crippen molar-refractivity contribution >= 4 is 11.8 Å². The third-order valence-corrected chi connectivity index (χ3v) is 3.12. The first-order valence-corrected chi connectivity index (χ1v) is 6.54. The van der Waals surface area contributed by atoms with Crippen LogP contribution in [0.2, 0.25) is 0 Å². The van der Waals surface area contributed by atoms with Crippen LogP contribution >= 0.6 is 11.8 Å². The molecule has 0 aliphatic rings. The van der Waals surface area contributed by atoms with Crippen LogP contribution in [0.4, 0.5) is 4.39 Å². The van der Waals surface area contributed by atoms with Crippen molar-refractivity contribution in [3.63, 3.8) is 0 Å². The van der Waals surface area contributed by atoms with Crippen LogP contribution in [0.1, 0.15) is 39.5 Å².